The zero-order chi connectivity index (χ0) is 11.4. The molecule has 0 aromatic heterocycles. The van der Waals surface area contributed by atoms with Gasteiger partial charge >= 0.3 is 0 Å². The Balaban J connectivity index is 1.79. The number of hydrogen-bond acceptors (Lipinski definition) is 2. The fourth-order valence-corrected chi connectivity index (χ4v) is 2.56. The quantitative estimate of drug-likeness (QED) is 0.557. The first-order chi connectivity index (χ1) is 7.75. The number of nitrogens with one attached hydrogen (secondary N) is 1. The number of hydrogen-bond donors (Lipinski definition) is 2. The predicted octanol–water partition coefficient (Wildman–Crippen LogP) is 1.20. The van der Waals surface area contributed by atoms with E-state index < -0.39 is 0 Å². The molecule has 1 saturated carbocycles. The van der Waals surface area contributed by atoms with Gasteiger partial charge in [0, 0.05) is 18.4 Å². The van der Waals surface area contributed by atoms with Gasteiger partial charge in [-0.05, 0) is 19.3 Å². The Labute approximate surface area is 96.7 Å². The van der Waals surface area contributed by atoms with Crippen LogP contribution >= 0.6 is 0 Å². The van der Waals surface area contributed by atoms with E-state index >= 15 is 0 Å². The lowest BCUT2D eigenvalue weighted by atomic mass is 9.88. The minimum absolute atomic E-state index is 0.149. The molecule has 1 atom stereocenters. The van der Waals surface area contributed by atoms with Crippen LogP contribution < -0.4 is 11.1 Å². The van der Waals surface area contributed by atoms with Crippen molar-refractivity contribution in [3.05, 3.63) is 0 Å². The van der Waals surface area contributed by atoms with Crippen molar-refractivity contribution in [2.75, 3.05) is 6.54 Å². The molecule has 0 aromatic rings. The molecule has 4 nitrogen and oxygen atoms in total. The standard InChI is InChI=1S/C12H21N3O/c13-12(9-4-2-1-3-5-9)14-8-10-6-7-11(16)15-10/h9-10H,1-8H2,(H2,13,14)(H,15,16). The fourth-order valence-electron chi connectivity index (χ4n) is 2.56. The van der Waals surface area contributed by atoms with Crippen LogP contribution in [0.3, 0.4) is 0 Å². The molecule has 0 bridgehead atoms. The van der Waals surface area contributed by atoms with Crippen molar-refractivity contribution in [1.82, 2.24) is 5.32 Å². The molecule has 4 heteroatoms. The average molecular weight is 223 g/mol. The van der Waals surface area contributed by atoms with Crippen LogP contribution in [-0.2, 0) is 4.79 Å². The lowest BCUT2D eigenvalue weighted by molar-refractivity contribution is -0.119. The summed E-state index contributed by atoms with van der Waals surface area (Å²) in [6.45, 7) is 0.661. The molecule has 2 fully saturated rings. The van der Waals surface area contributed by atoms with Crippen LogP contribution in [0.2, 0.25) is 0 Å². The summed E-state index contributed by atoms with van der Waals surface area (Å²) in [6.07, 6.45) is 7.81. The summed E-state index contributed by atoms with van der Waals surface area (Å²) < 4.78 is 0. The summed E-state index contributed by atoms with van der Waals surface area (Å²) in [4.78, 5) is 15.5. The van der Waals surface area contributed by atoms with Crippen molar-refractivity contribution in [2.45, 2.75) is 51.0 Å². The van der Waals surface area contributed by atoms with Crippen LogP contribution in [0.1, 0.15) is 44.9 Å². The second-order valence-corrected chi connectivity index (χ2v) is 4.90. The summed E-state index contributed by atoms with van der Waals surface area (Å²) in [6, 6.07) is 0.217. The molecule has 90 valence electrons. The summed E-state index contributed by atoms with van der Waals surface area (Å²) in [7, 11) is 0. The Kier molecular flexibility index (Phi) is 3.80. The minimum Gasteiger partial charge on any atom is -0.387 e. The van der Waals surface area contributed by atoms with Gasteiger partial charge in [-0.3, -0.25) is 9.79 Å². The van der Waals surface area contributed by atoms with Gasteiger partial charge in [-0.15, -0.1) is 0 Å². The smallest absolute Gasteiger partial charge is 0.220 e. The Morgan fingerprint density at radius 1 is 1.31 bits per heavy atom. The molecule has 1 saturated heterocycles. The monoisotopic (exact) mass is 223 g/mol. The van der Waals surface area contributed by atoms with E-state index in [4.69, 9.17) is 5.73 Å². The van der Waals surface area contributed by atoms with Gasteiger partial charge < -0.3 is 11.1 Å². The van der Waals surface area contributed by atoms with E-state index in [0.717, 1.165) is 12.3 Å². The van der Waals surface area contributed by atoms with Crippen molar-refractivity contribution < 1.29 is 4.79 Å². The first kappa shape index (κ1) is 11.4. The van der Waals surface area contributed by atoms with E-state index in [1.807, 2.05) is 0 Å². The highest BCUT2D eigenvalue weighted by molar-refractivity contribution is 5.83. The molecular formula is C12H21N3O. The maximum atomic E-state index is 11.0. The van der Waals surface area contributed by atoms with Crippen molar-refractivity contribution >= 4 is 11.7 Å². The van der Waals surface area contributed by atoms with Gasteiger partial charge in [-0.25, -0.2) is 0 Å². The molecule has 1 aliphatic carbocycles. The van der Waals surface area contributed by atoms with Crippen molar-refractivity contribution in [2.24, 2.45) is 16.6 Å². The third-order valence-electron chi connectivity index (χ3n) is 3.60. The van der Waals surface area contributed by atoms with Gasteiger partial charge in [0.1, 0.15) is 0 Å². The summed E-state index contributed by atoms with van der Waals surface area (Å²) in [5.41, 5.74) is 6.00. The van der Waals surface area contributed by atoms with E-state index in [2.05, 4.69) is 10.3 Å². The molecule has 1 amide bonds. The number of nitrogens with two attached hydrogens (primary N) is 1. The minimum atomic E-state index is 0.149. The average Bonchev–Trinajstić information content (AvgIpc) is 2.73. The SMILES string of the molecule is NC(=NCC1CCC(=O)N1)C1CCCCC1. The molecule has 1 unspecified atom stereocenters. The highest BCUT2D eigenvalue weighted by Gasteiger charge is 2.21. The largest absolute Gasteiger partial charge is 0.387 e. The van der Waals surface area contributed by atoms with Crippen LogP contribution in [0.25, 0.3) is 0 Å². The van der Waals surface area contributed by atoms with Gasteiger partial charge in [0.05, 0.1) is 12.4 Å². The van der Waals surface area contributed by atoms with Gasteiger partial charge in [-0.2, -0.15) is 0 Å². The number of aliphatic imine (C=N–C) groups is 1. The van der Waals surface area contributed by atoms with Crippen molar-refractivity contribution in [3.8, 4) is 0 Å². The van der Waals surface area contributed by atoms with Crippen LogP contribution in [0, 0.1) is 5.92 Å². The maximum absolute atomic E-state index is 11.0. The fraction of sp³-hybridized carbons (Fsp3) is 0.833. The van der Waals surface area contributed by atoms with E-state index in [9.17, 15) is 4.79 Å². The molecule has 0 aromatic carbocycles. The molecule has 2 aliphatic rings. The number of amides is 1. The second kappa shape index (κ2) is 5.32. The van der Waals surface area contributed by atoms with Gasteiger partial charge in [0.25, 0.3) is 0 Å². The number of nitrogens with zero attached hydrogens (tertiary/aromatic N) is 1. The van der Waals surface area contributed by atoms with E-state index in [-0.39, 0.29) is 11.9 Å². The predicted molar refractivity (Wildman–Crippen MR) is 64.2 cm³/mol. The van der Waals surface area contributed by atoms with Crippen molar-refractivity contribution in [1.29, 1.82) is 0 Å². The lowest BCUT2D eigenvalue weighted by Crippen LogP contribution is -2.31. The number of rotatable bonds is 3. The Bertz CT molecular complexity index is 282. The third kappa shape index (κ3) is 2.97. The summed E-state index contributed by atoms with van der Waals surface area (Å²) in [5, 5.41) is 2.91. The maximum Gasteiger partial charge on any atom is 0.220 e. The summed E-state index contributed by atoms with van der Waals surface area (Å²) >= 11 is 0. The molecule has 0 spiro atoms. The number of amidine groups is 1. The molecule has 1 heterocycles. The Hall–Kier alpha value is -1.06. The van der Waals surface area contributed by atoms with Crippen LogP contribution in [0.15, 0.2) is 4.99 Å². The van der Waals surface area contributed by atoms with Gasteiger partial charge in [0.2, 0.25) is 5.91 Å². The molecule has 2 rings (SSSR count). The van der Waals surface area contributed by atoms with Crippen LogP contribution in [-0.4, -0.2) is 24.3 Å². The molecule has 0 radical (unpaired) electrons. The molecular weight excluding hydrogens is 202 g/mol. The Morgan fingerprint density at radius 3 is 2.69 bits per heavy atom. The topological polar surface area (TPSA) is 67.5 Å². The zero-order valence-corrected chi connectivity index (χ0v) is 9.74. The highest BCUT2D eigenvalue weighted by atomic mass is 16.1. The summed E-state index contributed by atoms with van der Waals surface area (Å²) in [5.74, 6) is 1.45. The lowest BCUT2D eigenvalue weighted by Gasteiger charge is -2.21. The number of carbonyl (C=O) groups excluding carboxylic acids is 1. The third-order valence-corrected chi connectivity index (χ3v) is 3.60. The van der Waals surface area contributed by atoms with Crippen LogP contribution in [0.5, 0.6) is 0 Å². The first-order valence-electron chi connectivity index (χ1n) is 6.35. The first-order valence-corrected chi connectivity index (χ1v) is 6.35. The van der Waals surface area contributed by atoms with Crippen molar-refractivity contribution in [3.63, 3.8) is 0 Å². The van der Waals surface area contributed by atoms with Crippen LogP contribution in [0.4, 0.5) is 0 Å². The molecule has 1 aliphatic heterocycles. The highest BCUT2D eigenvalue weighted by Crippen LogP contribution is 2.23. The van der Waals surface area contributed by atoms with E-state index in [1.54, 1.807) is 0 Å². The van der Waals surface area contributed by atoms with Gasteiger partial charge in [0.15, 0.2) is 0 Å². The zero-order valence-electron chi connectivity index (χ0n) is 9.74. The van der Waals surface area contributed by atoms with E-state index in [1.165, 1.54) is 32.1 Å². The molecule has 16 heavy (non-hydrogen) atoms. The van der Waals surface area contributed by atoms with E-state index in [0.29, 0.717) is 18.9 Å². The second-order valence-electron chi connectivity index (χ2n) is 4.90. The van der Waals surface area contributed by atoms with Gasteiger partial charge in [-0.1, -0.05) is 19.3 Å². The Morgan fingerprint density at radius 2 is 2.06 bits per heavy atom. The number of carbonyl (C=O) groups is 1. The molecule has 3 N–H and O–H groups in total. The normalized spacial score (nSPS) is 28.1.